The Morgan fingerprint density at radius 3 is 2.08 bits per heavy atom. The van der Waals surface area contributed by atoms with E-state index in [2.05, 4.69) is 5.32 Å². The van der Waals surface area contributed by atoms with E-state index >= 15 is 4.79 Å². The minimum absolute atomic E-state index is 0.0541. The molecule has 0 spiro atoms. The Bertz CT molecular complexity index is 2100. The SMILES string of the molecule is CC(=O)O[C@H]1C(=O)[C@@]2(C)C([C@H](SC(=O)c3ccccc3)[C@]3(O)C[C@H](OC(=O)[C@H](O)[C@@H](NC(=O)OC(C)(C)C)c4ccccc4)C(C)=C1C3(C)C)[C@]1(OC(C)=O)CO[C@@H]1C[C@@H]2O. The number of hydrogen-bond donors (Lipinski definition) is 4. The molecule has 11 atom stereocenters. The number of Topliss-reactive ketones (excluding diaryl/α,β-unsaturated/α-hetero) is 1. The summed E-state index contributed by atoms with van der Waals surface area (Å²) in [7, 11) is 0. The molecule has 1 amide bonds. The average molecular weight is 866 g/mol. The largest absolute Gasteiger partial charge is 0.456 e. The average Bonchev–Trinajstić information content (AvgIpc) is 3.17. The number of ether oxygens (including phenoxy) is 5. The topological polar surface area (TPSA) is 221 Å². The molecule has 2 bridgehead atoms. The Balaban J connectivity index is 1.54. The van der Waals surface area contributed by atoms with Crippen LogP contribution in [0.1, 0.15) is 97.1 Å². The van der Waals surface area contributed by atoms with Gasteiger partial charge in [-0.05, 0) is 51.3 Å². The van der Waals surface area contributed by atoms with Crippen LogP contribution in [-0.4, -0.2) is 109 Å². The fraction of sp³-hybridized carbons (Fsp3) is 0.556. The molecule has 2 aromatic rings. The monoisotopic (exact) mass is 865 g/mol. The number of esters is 3. The number of carbonyl (C=O) groups excluding carboxylic acids is 6. The van der Waals surface area contributed by atoms with Crippen molar-refractivity contribution in [1.29, 1.82) is 0 Å². The van der Waals surface area contributed by atoms with E-state index in [0.717, 1.165) is 6.92 Å². The van der Waals surface area contributed by atoms with Crippen molar-refractivity contribution in [3.8, 4) is 0 Å². The van der Waals surface area contributed by atoms with Crippen molar-refractivity contribution in [2.24, 2.45) is 16.7 Å². The molecule has 330 valence electrons. The van der Waals surface area contributed by atoms with Gasteiger partial charge in [-0.3, -0.25) is 19.2 Å². The second kappa shape index (κ2) is 16.6. The van der Waals surface area contributed by atoms with Crippen molar-refractivity contribution in [3.05, 3.63) is 82.9 Å². The summed E-state index contributed by atoms with van der Waals surface area (Å²) < 4.78 is 29.4. The first-order valence-corrected chi connectivity index (χ1v) is 21.1. The van der Waals surface area contributed by atoms with E-state index in [1.165, 1.54) is 13.8 Å². The van der Waals surface area contributed by atoms with Crippen molar-refractivity contribution < 1.29 is 67.8 Å². The summed E-state index contributed by atoms with van der Waals surface area (Å²) in [5, 5.41) is 38.1. The lowest BCUT2D eigenvalue weighted by atomic mass is 9.45. The lowest BCUT2D eigenvalue weighted by Crippen LogP contribution is -2.81. The van der Waals surface area contributed by atoms with Gasteiger partial charge >= 0.3 is 24.0 Å². The van der Waals surface area contributed by atoms with Crippen LogP contribution in [0, 0.1) is 16.7 Å². The molecule has 3 aliphatic carbocycles. The summed E-state index contributed by atoms with van der Waals surface area (Å²) in [5.41, 5.74) is -7.48. The van der Waals surface area contributed by atoms with Gasteiger partial charge in [0.25, 0.3) is 0 Å². The molecular weight excluding hydrogens is 811 g/mol. The number of aliphatic hydroxyl groups excluding tert-OH is 2. The number of fused-ring (bicyclic) bond motifs is 5. The molecule has 4 aliphatic rings. The number of alkyl carbamates (subject to hydrolysis) is 1. The van der Waals surface area contributed by atoms with Gasteiger partial charge in [-0.1, -0.05) is 86.3 Å². The Morgan fingerprint density at radius 2 is 1.54 bits per heavy atom. The highest BCUT2D eigenvalue weighted by Crippen LogP contribution is 2.66. The van der Waals surface area contributed by atoms with Crippen LogP contribution >= 0.6 is 11.8 Å². The van der Waals surface area contributed by atoms with Gasteiger partial charge in [0, 0.05) is 43.6 Å². The quantitative estimate of drug-likeness (QED) is 0.154. The van der Waals surface area contributed by atoms with E-state index in [4.69, 9.17) is 23.7 Å². The third kappa shape index (κ3) is 8.13. The zero-order chi connectivity index (χ0) is 45.0. The number of hydrogen-bond acceptors (Lipinski definition) is 15. The van der Waals surface area contributed by atoms with Gasteiger partial charge in [-0.25, -0.2) is 9.59 Å². The van der Waals surface area contributed by atoms with Crippen LogP contribution < -0.4 is 5.32 Å². The zero-order valence-corrected chi connectivity index (χ0v) is 36.6. The molecule has 16 heteroatoms. The molecule has 1 unspecified atom stereocenters. The van der Waals surface area contributed by atoms with Crippen LogP contribution in [0.15, 0.2) is 71.8 Å². The molecule has 2 saturated carbocycles. The van der Waals surface area contributed by atoms with E-state index in [0.29, 0.717) is 17.3 Å². The maximum Gasteiger partial charge on any atom is 0.408 e. The molecular formula is C45H55NO14S. The minimum Gasteiger partial charge on any atom is -0.456 e. The lowest BCUT2D eigenvalue weighted by Gasteiger charge is -2.68. The van der Waals surface area contributed by atoms with Gasteiger partial charge in [-0.15, -0.1) is 0 Å². The lowest BCUT2D eigenvalue weighted by molar-refractivity contribution is -0.325. The summed E-state index contributed by atoms with van der Waals surface area (Å²) >= 11 is 0.696. The summed E-state index contributed by atoms with van der Waals surface area (Å²) in [5.74, 6) is -5.01. The van der Waals surface area contributed by atoms with Crippen molar-refractivity contribution in [2.45, 2.75) is 134 Å². The Kier molecular flexibility index (Phi) is 12.5. The number of aliphatic hydroxyl groups is 3. The third-order valence-electron chi connectivity index (χ3n) is 12.8. The number of amides is 1. The normalized spacial score (nSPS) is 32.6. The van der Waals surface area contributed by atoms with Crippen molar-refractivity contribution in [3.63, 3.8) is 0 Å². The van der Waals surface area contributed by atoms with E-state index in [9.17, 15) is 39.3 Å². The smallest absolute Gasteiger partial charge is 0.408 e. The van der Waals surface area contributed by atoms with Gasteiger partial charge in [-0.2, -0.15) is 0 Å². The van der Waals surface area contributed by atoms with E-state index in [1.54, 1.807) is 102 Å². The number of rotatable bonds is 9. The van der Waals surface area contributed by atoms with Gasteiger partial charge in [0.15, 0.2) is 23.6 Å². The maximum atomic E-state index is 15.5. The van der Waals surface area contributed by atoms with E-state index in [1.807, 2.05) is 0 Å². The molecule has 61 heavy (non-hydrogen) atoms. The Labute approximate surface area is 358 Å². The number of carbonyl (C=O) groups is 6. The number of benzene rings is 2. The number of ketones is 1. The maximum absolute atomic E-state index is 15.5. The third-order valence-corrected chi connectivity index (χ3v) is 14.2. The van der Waals surface area contributed by atoms with Crippen LogP contribution in [0.2, 0.25) is 0 Å². The van der Waals surface area contributed by atoms with E-state index in [-0.39, 0.29) is 29.7 Å². The molecule has 1 aliphatic heterocycles. The second-order valence-electron chi connectivity index (χ2n) is 18.2. The van der Waals surface area contributed by atoms with Crippen molar-refractivity contribution in [2.75, 3.05) is 6.61 Å². The van der Waals surface area contributed by atoms with Crippen LogP contribution in [0.3, 0.4) is 0 Å². The summed E-state index contributed by atoms with van der Waals surface area (Å²) in [6.07, 6.45) is -9.27. The molecule has 0 aromatic heterocycles. The highest BCUT2D eigenvalue weighted by Gasteiger charge is 2.77. The molecule has 4 N–H and O–H groups in total. The van der Waals surface area contributed by atoms with Crippen LogP contribution in [0.5, 0.6) is 0 Å². The summed E-state index contributed by atoms with van der Waals surface area (Å²) in [6, 6.07) is 15.0. The summed E-state index contributed by atoms with van der Waals surface area (Å²) in [6.45, 7) is 13.2. The molecule has 3 fully saturated rings. The zero-order valence-electron chi connectivity index (χ0n) is 35.8. The fourth-order valence-electron chi connectivity index (χ4n) is 9.80. The highest BCUT2D eigenvalue weighted by molar-refractivity contribution is 8.14. The van der Waals surface area contributed by atoms with Crippen molar-refractivity contribution >= 4 is 46.7 Å². The standard InChI is InChI=1S/C45H55NO14S/c1-23-28(58-38(52)33(50)32(26-16-12-10-13-17-26)46-40(54)60-41(4,5)6)21-45(55)37(61-39(53)27-18-14-11-15-19-27)35-43(9,29(49)20-30-44(35,22-56-30)59-25(3)48)36(51)34(57-24(2)47)31(23)42(45,7)8/h10-19,28-30,32-35,37,49-50,55H,20-22H2,1-9H3,(H,46,54)/t28-,29-,30+,32-,33+,34+,35?,37-,43+,44-,45+/m0/s1. The first-order chi connectivity index (χ1) is 28.4. The second-order valence-corrected chi connectivity index (χ2v) is 19.3. The fourth-order valence-corrected chi connectivity index (χ4v) is 11.5. The predicted molar refractivity (Wildman–Crippen MR) is 220 cm³/mol. The molecule has 1 heterocycles. The van der Waals surface area contributed by atoms with Gasteiger partial charge in [0.2, 0.25) is 5.12 Å². The minimum atomic E-state index is -2.21. The first kappa shape index (κ1) is 45.9. The van der Waals surface area contributed by atoms with Crippen LogP contribution in [0.4, 0.5) is 4.79 Å². The molecule has 6 rings (SSSR count). The number of thioether (sulfide) groups is 1. The van der Waals surface area contributed by atoms with Crippen molar-refractivity contribution in [1.82, 2.24) is 5.32 Å². The Morgan fingerprint density at radius 1 is 0.934 bits per heavy atom. The van der Waals surface area contributed by atoms with Gasteiger partial charge in [0.1, 0.15) is 17.8 Å². The molecule has 1 saturated heterocycles. The van der Waals surface area contributed by atoms with Crippen LogP contribution in [0.25, 0.3) is 0 Å². The predicted octanol–water partition coefficient (Wildman–Crippen LogP) is 4.55. The van der Waals surface area contributed by atoms with Crippen LogP contribution in [-0.2, 0) is 42.9 Å². The molecule has 0 radical (unpaired) electrons. The highest BCUT2D eigenvalue weighted by atomic mass is 32.2. The first-order valence-electron chi connectivity index (χ1n) is 20.2. The molecule has 15 nitrogen and oxygen atoms in total. The van der Waals surface area contributed by atoms with E-state index < -0.39 is 117 Å². The number of nitrogens with one attached hydrogen (secondary N) is 1. The Hall–Kier alpha value is -4.61. The van der Waals surface area contributed by atoms with Gasteiger partial charge < -0.3 is 44.3 Å². The molecule has 2 aromatic carbocycles. The summed E-state index contributed by atoms with van der Waals surface area (Å²) in [4.78, 5) is 83.2. The van der Waals surface area contributed by atoms with Gasteiger partial charge in [0.05, 0.1) is 35.0 Å².